The van der Waals surface area contributed by atoms with Crippen LogP contribution in [0.4, 0.5) is 0 Å². The molecule has 0 spiro atoms. The Hall–Kier alpha value is -1.56. The summed E-state index contributed by atoms with van der Waals surface area (Å²) in [7, 11) is 0. The molecule has 0 fully saturated rings. The Bertz CT molecular complexity index is 639. The van der Waals surface area contributed by atoms with E-state index in [4.69, 9.17) is 4.74 Å². The van der Waals surface area contributed by atoms with Gasteiger partial charge in [-0.15, -0.1) is 0 Å². The predicted octanol–water partition coefficient (Wildman–Crippen LogP) is 2.92. The molecule has 0 aliphatic rings. The van der Waals surface area contributed by atoms with Crippen LogP contribution in [-0.4, -0.2) is 32.2 Å². The molecule has 114 valence electrons. The summed E-state index contributed by atoms with van der Waals surface area (Å²) in [6, 6.07) is 2.04. The molecule has 0 amide bonds. The summed E-state index contributed by atoms with van der Waals surface area (Å²) in [6.07, 6.45) is 2.45. The van der Waals surface area contributed by atoms with E-state index in [1.807, 2.05) is 44.4 Å². The first kappa shape index (κ1) is 15.8. The number of rotatable bonds is 6. The first-order chi connectivity index (χ1) is 9.99. The fraction of sp³-hybridized carbons (Fsp3) is 0.533. The van der Waals surface area contributed by atoms with E-state index in [-0.39, 0.29) is 11.2 Å². The van der Waals surface area contributed by atoms with Gasteiger partial charge in [0, 0.05) is 28.6 Å². The molecule has 2 aromatic heterocycles. The van der Waals surface area contributed by atoms with Crippen molar-refractivity contribution in [2.24, 2.45) is 0 Å². The SMILES string of the molecule is CCOC(=O)CC(C)SCc1cn2c(C)cc(C)nc2n1. The number of ether oxygens (including phenoxy) is 1. The van der Waals surface area contributed by atoms with Crippen molar-refractivity contribution in [3.8, 4) is 0 Å². The molecule has 0 saturated heterocycles. The summed E-state index contributed by atoms with van der Waals surface area (Å²) >= 11 is 1.70. The molecule has 21 heavy (non-hydrogen) atoms. The lowest BCUT2D eigenvalue weighted by Gasteiger charge is -2.08. The van der Waals surface area contributed by atoms with Crippen molar-refractivity contribution in [3.63, 3.8) is 0 Å². The number of nitrogens with zero attached hydrogens (tertiary/aromatic N) is 3. The maximum absolute atomic E-state index is 11.4. The number of fused-ring (bicyclic) bond motifs is 1. The molecular formula is C15H21N3O2S. The van der Waals surface area contributed by atoms with Gasteiger partial charge in [-0.2, -0.15) is 11.8 Å². The van der Waals surface area contributed by atoms with Crippen molar-refractivity contribution in [2.75, 3.05) is 6.61 Å². The van der Waals surface area contributed by atoms with Crippen LogP contribution in [0.5, 0.6) is 0 Å². The molecule has 6 heteroatoms. The highest BCUT2D eigenvalue weighted by atomic mass is 32.2. The fourth-order valence-electron chi connectivity index (χ4n) is 2.13. The summed E-state index contributed by atoms with van der Waals surface area (Å²) in [6.45, 7) is 8.31. The third kappa shape index (κ3) is 4.20. The molecular weight excluding hydrogens is 286 g/mol. The molecule has 0 radical (unpaired) electrons. The monoisotopic (exact) mass is 307 g/mol. The van der Waals surface area contributed by atoms with Crippen LogP contribution in [0.2, 0.25) is 0 Å². The second-order valence-electron chi connectivity index (χ2n) is 5.07. The maximum atomic E-state index is 11.4. The van der Waals surface area contributed by atoms with Crippen LogP contribution >= 0.6 is 11.8 Å². The van der Waals surface area contributed by atoms with Crippen molar-refractivity contribution in [1.82, 2.24) is 14.4 Å². The molecule has 1 unspecified atom stereocenters. The average molecular weight is 307 g/mol. The van der Waals surface area contributed by atoms with Crippen LogP contribution in [0.3, 0.4) is 0 Å². The van der Waals surface area contributed by atoms with E-state index in [0.717, 1.165) is 28.6 Å². The molecule has 2 rings (SSSR count). The lowest BCUT2D eigenvalue weighted by atomic mass is 10.3. The minimum Gasteiger partial charge on any atom is -0.466 e. The highest BCUT2D eigenvalue weighted by Gasteiger charge is 2.12. The topological polar surface area (TPSA) is 56.5 Å². The van der Waals surface area contributed by atoms with Gasteiger partial charge in [0.15, 0.2) is 0 Å². The Morgan fingerprint density at radius 2 is 2.19 bits per heavy atom. The Balaban J connectivity index is 1.97. The zero-order valence-electron chi connectivity index (χ0n) is 12.9. The van der Waals surface area contributed by atoms with Gasteiger partial charge in [0.2, 0.25) is 5.78 Å². The fourth-order valence-corrected chi connectivity index (χ4v) is 2.98. The van der Waals surface area contributed by atoms with Gasteiger partial charge in [0.05, 0.1) is 18.7 Å². The summed E-state index contributed by atoms with van der Waals surface area (Å²) in [5, 5.41) is 0.213. The smallest absolute Gasteiger partial charge is 0.306 e. The number of hydrogen-bond donors (Lipinski definition) is 0. The zero-order valence-corrected chi connectivity index (χ0v) is 13.7. The van der Waals surface area contributed by atoms with E-state index in [1.165, 1.54) is 0 Å². The van der Waals surface area contributed by atoms with E-state index in [2.05, 4.69) is 9.97 Å². The Labute approximate surface area is 129 Å². The summed E-state index contributed by atoms with van der Waals surface area (Å²) in [5.74, 6) is 1.37. The Morgan fingerprint density at radius 3 is 2.90 bits per heavy atom. The number of imidazole rings is 1. The molecule has 0 aliphatic heterocycles. The van der Waals surface area contributed by atoms with Gasteiger partial charge in [0.25, 0.3) is 0 Å². The van der Waals surface area contributed by atoms with Crippen molar-refractivity contribution in [3.05, 3.63) is 29.3 Å². The summed E-state index contributed by atoms with van der Waals surface area (Å²) < 4.78 is 6.96. The van der Waals surface area contributed by atoms with Gasteiger partial charge in [0.1, 0.15) is 0 Å². The van der Waals surface area contributed by atoms with E-state index >= 15 is 0 Å². The molecule has 2 heterocycles. The molecule has 0 saturated carbocycles. The lowest BCUT2D eigenvalue weighted by Crippen LogP contribution is -2.10. The third-order valence-corrected chi connectivity index (χ3v) is 4.28. The molecule has 0 N–H and O–H groups in total. The van der Waals surface area contributed by atoms with Gasteiger partial charge in [-0.1, -0.05) is 6.92 Å². The summed E-state index contributed by atoms with van der Waals surface area (Å²) in [5.41, 5.74) is 3.08. The standard InChI is InChI=1S/C15H21N3O2S/c1-5-20-14(19)7-12(4)21-9-13-8-18-11(3)6-10(2)16-15(18)17-13/h6,8,12H,5,7,9H2,1-4H3. The highest BCUT2D eigenvalue weighted by molar-refractivity contribution is 7.99. The number of esters is 1. The van der Waals surface area contributed by atoms with Crippen LogP contribution < -0.4 is 0 Å². The normalized spacial score (nSPS) is 12.6. The first-order valence-electron chi connectivity index (χ1n) is 7.09. The third-order valence-electron chi connectivity index (χ3n) is 3.09. The van der Waals surface area contributed by atoms with E-state index < -0.39 is 0 Å². The van der Waals surface area contributed by atoms with E-state index in [1.54, 1.807) is 11.8 Å². The molecule has 0 aromatic carbocycles. The first-order valence-corrected chi connectivity index (χ1v) is 8.14. The number of thioether (sulfide) groups is 1. The number of aromatic nitrogens is 3. The van der Waals surface area contributed by atoms with Gasteiger partial charge in [-0.25, -0.2) is 9.97 Å². The predicted molar refractivity (Wildman–Crippen MR) is 84.5 cm³/mol. The van der Waals surface area contributed by atoms with Crippen LogP contribution in [-0.2, 0) is 15.3 Å². The molecule has 5 nitrogen and oxygen atoms in total. The zero-order chi connectivity index (χ0) is 15.4. The maximum Gasteiger partial charge on any atom is 0.306 e. The Kier molecular flexibility index (Phi) is 5.22. The molecule has 0 aliphatic carbocycles. The average Bonchev–Trinajstić information content (AvgIpc) is 2.79. The number of aryl methyl sites for hydroxylation is 2. The molecule has 2 aromatic rings. The van der Waals surface area contributed by atoms with Crippen molar-refractivity contribution in [2.45, 2.75) is 45.1 Å². The lowest BCUT2D eigenvalue weighted by molar-refractivity contribution is -0.142. The number of carbonyl (C=O) groups excluding carboxylic acids is 1. The summed E-state index contributed by atoms with van der Waals surface area (Å²) in [4.78, 5) is 20.4. The second-order valence-corrected chi connectivity index (χ2v) is 6.50. The Morgan fingerprint density at radius 1 is 1.43 bits per heavy atom. The number of carbonyl (C=O) groups is 1. The quantitative estimate of drug-likeness (QED) is 0.768. The van der Waals surface area contributed by atoms with Crippen molar-refractivity contribution >= 4 is 23.5 Å². The second kappa shape index (κ2) is 6.93. The van der Waals surface area contributed by atoms with Gasteiger partial charge in [-0.3, -0.25) is 9.20 Å². The largest absolute Gasteiger partial charge is 0.466 e. The van der Waals surface area contributed by atoms with Gasteiger partial charge in [-0.05, 0) is 26.8 Å². The molecule has 1 atom stereocenters. The van der Waals surface area contributed by atoms with Crippen LogP contribution in [0.15, 0.2) is 12.3 Å². The van der Waals surface area contributed by atoms with E-state index in [9.17, 15) is 4.79 Å². The minimum absolute atomic E-state index is 0.138. The van der Waals surface area contributed by atoms with Gasteiger partial charge >= 0.3 is 5.97 Å². The van der Waals surface area contributed by atoms with Crippen LogP contribution in [0, 0.1) is 13.8 Å². The van der Waals surface area contributed by atoms with Gasteiger partial charge < -0.3 is 4.74 Å². The number of hydrogen-bond acceptors (Lipinski definition) is 5. The van der Waals surface area contributed by atoms with Crippen LogP contribution in [0.1, 0.15) is 37.4 Å². The van der Waals surface area contributed by atoms with Crippen molar-refractivity contribution in [1.29, 1.82) is 0 Å². The van der Waals surface area contributed by atoms with E-state index in [0.29, 0.717) is 13.0 Å². The van der Waals surface area contributed by atoms with Crippen LogP contribution in [0.25, 0.3) is 5.78 Å². The minimum atomic E-state index is -0.138. The highest BCUT2D eigenvalue weighted by Crippen LogP contribution is 2.20. The van der Waals surface area contributed by atoms with Crippen molar-refractivity contribution < 1.29 is 9.53 Å². The molecule has 0 bridgehead atoms.